The minimum atomic E-state index is -0.420. The molecule has 26 rings (SSSR count). The van der Waals surface area contributed by atoms with Gasteiger partial charge in [0.25, 0.3) is 17.7 Å². The smallest absolute Gasteiger partial charge is 0.329 e. The molecule has 14 heterocycles. The number of nitrogens with one attached hydrogen (secondary N) is 15. The Balaban J connectivity index is 0.000000100. The highest BCUT2D eigenvalue weighted by molar-refractivity contribution is 7.22. The fourth-order valence-corrected chi connectivity index (χ4v) is 17.1. The van der Waals surface area contributed by atoms with E-state index in [9.17, 15) is 19.2 Å². The summed E-state index contributed by atoms with van der Waals surface area (Å²) in [4.78, 5) is 88.0. The second kappa shape index (κ2) is 37.4. The lowest BCUT2D eigenvalue weighted by molar-refractivity contribution is -0.115. The van der Waals surface area contributed by atoms with E-state index in [1.165, 1.54) is 49.3 Å². The van der Waals surface area contributed by atoms with E-state index < -0.39 is 6.03 Å². The van der Waals surface area contributed by atoms with Gasteiger partial charge in [-0.15, -0.1) is 0 Å². The molecule has 0 aliphatic carbocycles. The van der Waals surface area contributed by atoms with Gasteiger partial charge in [-0.1, -0.05) is 115 Å². The second-order valence-corrected chi connectivity index (χ2v) is 32.8. The summed E-state index contributed by atoms with van der Waals surface area (Å²) < 4.78 is 1.03. The number of hydrogen-bond donors (Lipinski definition) is 15. The summed E-state index contributed by atoms with van der Waals surface area (Å²) >= 11 is 1.45. The van der Waals surface area contributed by atoms with Crippen LogP contribution >= 0.6 is 11.3 Å². The number of H-pyrrole nitrogens is 12. The van der Waals surface area contributed by atoms with Gasteiger partial charge in [0.1, 0.15) is 43.8 Å². The summed E-state index contributed by atoms with van der Waals surface area (Å²) in [7, 11) is 0. The average Bonchev–Trinajstić information content (AvgIpc) is 1.66. The Morgan fingerprint density at radius 3 is 1.06 bits per heavy atom. The Morgan fingerprint density at radius 2 is 0.683 bits per heavy atom. The van der Waals surface area contributed by atoms with Crippen LogP contribution in [0, 0.1) is 0 Å². The summed E-state index contributed by atoms with van der Waals surface area (Å²) in [6, 6.07) is 83.5. The number of aromatic nitrogens is 31. The van der Waals surface area contributed by atoms with Gasteiger partial charge < -0.3 is 15.6 Å². The Kier molecular flexibility index (Phi) is 22.8. The molecule has 39 nitrogen and oxygen atoms in total. The number of thiazole rings is 1. The van der Waals surface area contributed by atoms with Gasteiger partial charge in [0.05, 0.1) is 89.5 Å². The lowest BCUT2D eigenvalue weighted by Crippen LogP contribution is -2.30. The summed E-state index contributed by atoms with van der Waals surface area (Å²) in [5.74, 6) is 4.51. The Labute approximate surface area is 786 Å². The Bertz CT molecular complexity index is 8670. The third-order valence-corrected chi connectivity index (χ3v) is 23.9. The highest BCUT2D eigenvalue weighted by atomic mass is 32.1. The number of rotatable bonds is 18. The van der Waals surface area contributed by atoms with Gasteiger partial charge in [0.2, 0.25) is 0 Å². The fraction of sp³-hybridized carbons (Fsp3) is 0.0404. The van der Waals surface area contributed by atoms with Crippen LogP contribution in [0.25, 0.3) is 212 Å². The van der Waals surface area contributed by atoms with Gasteiger partial charge in [0.15, 0.2) is 40.1 Å². The number of imidazole rings is 1. The SMILES string of the molecule is CCCNC(=O)c1cccc(-c2n[nH]c3ccc(-c4ncn[nH]4)cc23)c1.O=C(Nc1nc2ccccc2s1)c1cccc(-c2n[nH]c3ccc(-c4ncn[nH]4)cc23)c1.O=C1CNC(=O)N1c1cccc(-c2n[nH]c3ccc(-c4ncn[nH]4)cc23)c1.c1cc(-c2nc3ccccc3[nH]2)cc(-c2n[nH]c3ccc(-c4ncn[nH]4)cc23)c1.c1cc(-c2ncn[nH]2)cc(-c2n[nH]c3ccc(-c4ncn[nH]4)cc23)c1. The normalized spacial score (nSPS) is 11.8. The molecule has 40 heteroatoms. The number of anilines is 2. The van der Waals surface area contributed by atoms with Crippen molar-refractivity contribution >= 4 is 122 Å². The van der Waals surface area contributed by atoms with Crippen LogP contribution < -0.4 is 20.9 Å². The number of carbonyl (C=O) groups excluding carboxylic acids is 4. The van der Waals surface area contributed by atoms with Crippen LogP contribution in [0.5, 0.6) is 0 Å². The molecule has 13 aromatic heterocycles. The van der Waals surface area contributed by atoms with Crippen molar-refractivity contribution in [1.82, 2.24) is 168 Å². The van der Waals surface area contributed by atoms with E-state index >= 15 is 0 Å². The first-order chi connectivity index (χ1) is 68.4. The van der Waals surface area contributed by atoms with Crippen molar-refractivity contribution < 1.29 is 19.2 Å². The first-order valence-electron chi connectivity index (χ1n) is 43.5. The number of carbonyl (C=O) groups is 4. The maximum Gasteiger partial charge on any atom is 0.329 e. The first kappa shape index (κ1) is 84.6. The van der Waals surface area contributed by atoms with Gasteiger partial charge in [-0.2, -0.15) is 56.1 Å². The monoisotopic (exact) mass is 1850 g/mol. The number of hydrogen-bond acceptors (Lipinski definition) is 24. The number of nitrogens with zero attached hydrogens (tertiary/aromatic N) is 20. The van der Waals surface area contributed by atoms with Gasteiger partial charge in [-0.3, -0.25) is 75.8 Å². The third kappa shape index (κ3) is 17.5. The van der Waals surface area contributed by atoms with E-state index in [-0.39, 0.29) is 24.3 Å². The highest BCUT2D eigenvalue weighted by Gasteiger charge is 2.31. The lowest BCUT2D eigenvalue weighted by Gasteiger charge is -2.13. The van der Waals surface area contributed by atoms with Crippen LogP contribution in [0.3, 0.4) is 0 Å². The molecular formula is C99H73N35O4S. The van der Waals surface area contributed by atoms with Crippen LogP contribution in [0.4, 0.5) is 15.6 Å². The van der Waals surface area contributed by atoms with E-state index in [0.717, 1.165) is 206 Å². The minimum Gasteiger partial charge on any atom is -0.352 e. The predicted molar refractivity (Wildman–Crippen MR) is 526 cm³/mol. The zero-order chi connectivity index (χ0) is 93.7. The van der Waals surface area contributed by atoms with Crippen LogP contribution in [0.2, 0.25) is 0 Å². The minimum absolute atomic E-state index is 0.00887. The summed E-state index contributed by atoms with van der Waals surface area (Å²) in [5.41, 5.74) is 24.3. The maximum atomic E-state index is 12.9. The number of urea groups is 1. The molecule has 139 heavy (non-hydrogen) atoms. The zero-order valence-electron chi connectivity index (χ0n) is 72.9. The molecule has 5 amide bonds. The predicted octanol–water partition coefficient (Wildman–Crippen LogP) is 17.5. The Morgan fingerprint density at radius 1 is 0.331 bits per heavy atom. The largest absolute Gasteiger partial charge is 0.352 e. The van der Waals surface area contributed by atoms with Gasteiger partial charge in [-0.25, -0.2) is 49.6 Å². The van der Waals surface area contributed by atoms with Crippen molar-refractivity contribution in [2.24, 2.45) is 0 Å². The number of fused-ring (bicyclic) bond motifs is 7. The number of amides is 5. The standard InChI is InChI=1S/C23H15N7OS.C22H15N7.C19H18N6O.C18H13N7O2.C17H12N8/c31-22(27-23-26-18-6-1-2-7-19(18)32-23)15-5-3-4-13(10-15)20-16-11-14(21-24-12-25-30-21)8-9-17(16)28-29-20;1-2-7-19-18(6-1)25-22(26-19)14-5-3-4-13(10-14)20-16-11-15(21-23-12-24-29-21)8-9-17(16)27-28-20;1-2-8-20-19(26)14-5-3-4-12(9-14)17-15-10-13(18-21-11-22-25-18)6-7-16(15)23-24-17;26-15-8-19-18(27)25(15)12-3-1-2-10(6-12)16-13-7-11(17-20-9-21-24-17)4-5-14(13)22-23-16;1-2-10(6-11(3-1)16-18-8-20-24-16)15-13-7-12(17-19-9-21-25-17)4-5-14(13)22-23-15/h1-12H,(H,28,29)(H,24,25,30)(H,26,27,31);1-12H,(H,25,26)(H,27,28)(H,23,24,29);3-7,9-11H,2,8H2,1H3,(H,20,26)(H,23,24)(H,21,22,25);1-7,9H,8H2,(H,19,27)(H,22,23)(H,20,21,24);1-9H,(H,22,23)(H,18,20,24)(H,19,21,25). The van der Waals surface area contributed by atoms with Crippen molar-refractivity contribution in [3.8, 4) is 136 Å². The quantitative estimate of drug-likeness (QED) is 0.0355. The van der Waals surface area contributed by atoms with Crippen LogP contribution in [0.1, 0.15) is 34.1 Å². The highest BCUT2D eigenvalue weighted by Crippen LogP contribution is 2.39. The van der Waals surface area contributed by atoms with Gasteiger partial charge >= 0.3 is 6.03 Å². The molecule has 1 fully saturated rings. The fourth-order valence-electron chi connectivity index (χ4n) is 16.2. The number of imide groups is 1. The molecule has 0 unspecified atom stereocenters. The molecule has 0 atom stereocenters. The van der Waals surface area contributed by atoms with Crippen LogP contribution in [-0.4, -0.2) is 194 Å². The van der Waals surface area contributed by atoms with E-state index in [0.29, 0.717) is 46.0 Å². The van der Waals surface area contributed by atoms with E-state index in [2.05, 4.69) is 198 Å². The molecule has 1 aliphatic heterocycles. The van der Waals surface area contributed by atoms with E-state index in [4.69, 9.17) is 4.98 Å². The van der Waals surface area contributed by atoms with Gasteiger partial charge in [-0.05, 0) is 170 Å². The molecule has 0 radical (unpaired) electrons. The van der Waals surface area contributed by atoms with Crippen molar-refractivity contribution in [3.05, 3.63) is 310 Å². The molecule has 1 aliphatic rings. The lowest BCUT2D eigenvalue weighted by atomic mass is 10.0. The maximum absolute atomic E-state index is 12.9. The van der Waals surface area contributed by atoms with Crippen LogP contribution in [0.15, 0.2) is 299 Å². The number of benzene rings is 12. The molecule has 674 valence electrons. The van der Waals surface area contributed by atoms with Crippen molar-refractivity contribution in [3.63, 3.8) is 0 Å². The molecule has 15 N–H and O–H groups in total. The summed E-state index contributed by atoms with van der Waals surface area (Å²) in [5, 5.41) is 92.2. The van der Waals surface area contributed by atoms with E-state index in [1.807, 2.05) is 213 Å². The van der Waals surface area contributed by atoms with Gasteiger partial charge in [0, 0.05) is 111 Å². The Hall–Kier alpha value is -19.9. The molecule has 1 saturated heterocycles. The molecule has 0 spiro atoms. The van der Waals surface area contributed by atoms with E-state index in [1.54, 1.807) is 24.3 Å². The third-order valence-electron chi connectivity index (χ3n) is 22.9. The molecular weight excluding hydrogens is 1780 g/mol. The molecule has 25 aromatic rings. The zero-order valence-corrected chi connectivity index (χ0v) is 73.7. The molecule has 0 bridgehead atoms. The molecule has 12 aromatic carbocycles. The first-order valence-corrected chi connectivity index (χ1v) is 44.3. The summed E-state index contributed by atoms with van der Waals surface area (Å²) in [6.45, 7) is 2.70. The number of aromatic amines is 12. The van der Waals surface area contributed by atoms with Crippen molar-refractivity contribution in [2.75, 3.05) is 23.3 Å². The number of para-hydroxylation sites is 3. The van der Waals surface area contributed by atoms with Crippen molar-refractivity contribution in [1.29, 1.82) is 0 Å². The van der Waals surface area contributed by atoms with Crippen LogP contribution in [-0.2, 0) is 4.79 Å². The average molecular weight is 1850 g/mol. The van der Waals surface area contributed by atoms with Crippen molar-refractivity contribution in [2.45, 2.75) is 13.3 Å². The summed E-state index contributed by atoms with van der Waals surface area (Å²) in [6.07, 6.45) is 9.81. The topological polar surface area (TPSA) is 542 Å². The molecule has 0 saturated carbocycles. The second-order valence-electron chi connectivity index (χ2n) is 31.7.